The van der Waals surface area contributed by atoms with E-state index in [9.17, 15) is 9.59 Å². The molecule has 1 aromatic heterocycles. The molecule has 1 aliphatic heterocycles. The number of carbonyl (C=O) groups excluding carboxylic acids is 1. The van der Waals surface area contributed by atoms with Crippen molar-refractivity contribution in [1.82, 2.24) is 14.9 Å². The number of amides is 1. The van der Waals surface area contributed by atoms with Crippen LogP contribution in [-0.2, 0) is 25.0 Å². The van der Waals surface area contributed by atoms with Crippen LogP contribution in [-0.4, -0.2) is 22.0 Å². The largest absolute Gasteiger partial charge is 0.481 e. The summed E-state index contributed by atoms with van der Waals surface area (Å²) in [4.78, 5) is 30.4. The highest BCUT2D eigenvalue weighted by Gasteiger charge is 2.38. The molecule has 1 fully saturated rings. The standard InChI is InChI=1S/C26H26ClN3O3/c27-20-10-8-19(9-11-20)26(12-4-5-13-26)16-21-29-25(32)23(22-24(31)28-14-15-30(21)22)33-17-18-6-2-1-3-7-18/h1-3,6-11H,4-5,12-17H2,(H,28,31). The minimum atomic E-state index is -0.492. The third-order valence-corrected chi connectivity index (χ3v) is 7.05. The lowest BCUT2D eigenvalue weighted by Crippen LogP contribution is -2.41. The zero-order chi connectivity index (χ0) is 22.8. The predicted octanol–water partition coefficient (Wildman–Crippen LogP) is 4.27. The molecule has 170 valence electrons. The lowest BCUT2D eigenvalue weighted by molar-refractivity contribution is 0.0916. The van der Waals surface area contributed by atoms with Gasteiger partial charge in [0.15, 0.2) is 5.69 Å². The number of halogens is 1. The predicted molar refractivity (Wildman–Crippen MR) is 127 cm³/mol. The molecular formula is C26H26ClN3O3. The van der Waals surface area contributed by atoms with E-state index < -0.39 is 5.56 Å². The molecule has 1 N–H and O–H groups in total. The quantitative estimate of drug-likeness (QED) is 0.592. The van der Waals surface area contributed by atoms with Crippen LogP contribution in [0.15, 0.2) is 59.4 Å². The number of rotatable bonds is 6. The summed E-state index contributed by atoms with van der Waals surface area (Å²) in [5.41, 5.74) is 1.79. The van der Waals surface area contributed by atoms with Gasteiger partial charge in [-0.1, -0.05) is 66.9 Å². The maximum Gasteiger partial charge on any atom is 0.316 e. The molecular weight excluding hydrogens is 438 g/mol. The molecule has 33 heavy (non-hydrogen) atoms. The first-order chi connectivity index (χ1) is 16.1. The number of benzene rings is 2. The number of nitrogens with zero attached hydrogens (tertiary/aromatic N) is 2. The van der Waals surface area contributed by atoms with Crippen molar-refractivity contribution >= 4 is 17.5 Å². The van der Waals surface area contributed by atoms with Crippen molar-refractivity contribution < 1.29 is 9.53 Å². The number of ether oxygens (including phenoxy) is 1. The highest BCUT2D eigenvalue weighted by atomic mass is 35.5. The Labute approximate surface area is 197 Å². The van der Waals surface area contributed by atoms with E-state index in [-0.39, 0.29) is 29.4 Å². The van der Waals surface area contributed by atoms with Gasteiger partial charge in [0, 0.05) is 29.9 Å². The van der Waals surface area contributed by atoms with Crippen LogP contribution >= 0.6 is 11.6 Å². The minimum Gasteiger partial charge on any atom is -0.481 e. The van der Waals surface area contributed by atoms with Gasteiger partial charge in [0.2, 0.25) is 5.75 Å². The molecule has 1 saturated carbocycles. The first-order valence-electron chi connectivity index (χ1n) is 11.4. The Hall–Kier alpha value is -3.12. The second kappa shape index (κ2) is 9.02. The van der Waals surface area contributed by atoms with Crippen LogP contribution in [0.2, 0.25) is 5.02 Å². The van der Waals surface area contributed by atoms with Crippen LogP contribution in [0.25, 0.3) is 0 Å². The Balaban J connectivity index is 1.53. The summed E-state index contributed by atoms with van der Waals surface area (Å²) in [6, 6.07) is 17.6. The summed E-state index contributed by atoms with van der Waals surface area (Å²) in [6.07, 6.45) is 4.87. The van der Waals surface area contributed by atoms with Crippen molar-refractivity contribution in [3.05, 3.63) is 92.6 Å². The molecule has 7 heteroatoms. The lowest BCUT2D eigenvalue weighted by atomic mass is 9.76. The van der Waals surface area contributed by atoms with E-state index in [1.165, 1.54) is 5.56 Å². The maximum atomic E-state index is 13.1. The van der Waals surface area contributed by atoms with Gasteiger partial charge in [-0.15, -0.1) is 0 Å². The van der Waals surface area contributed by atoms with E-state index in [2.05, 4.69) is 22.4 Å². The van der Waals surface area contributed by atoms with Crippen molar-refractivity contribution in [3.8, 4) is 5.75 Å². The highest BCUT2D eigenvalue weighted by molar-refractivity contribution is 6.30. The van der Waals surface area contributed by atoms with Crippen LogP contribution in [0.4, 0.5) is 0 Å². The fourth-order valence-corrected chi connectivity index (χ4v) is 5.26. The average molecular weight is 464 g/mol. The summed E-state index contributed by atoms with van der Waals surface area (Å²) in [5.74, 6) is 0.373. The molecule has 0 bridgehead atoms. The fourth-order valence-electron chi connectivity index (χ4n) is 5.13. The van der Waals surface area contributed by atoms with Gasteiger partial charge >= 0.3 is 5.56 Å². The summed E-state index contributed by atoms with van der Waals surface area (Å²) < 4.78 is 7.75. The molecule has 1 amide bonds. The SMILES string of the molecule is O=C1NCCn2c(CC3(c4ccc(Cl)cc4)CCCC3)nc(=O)c(OCc3ccccc3)c21. The van der Waals surface area contributed by atoms with Crippen LogP contribution < -0.4 is 15.6 Å². The Morgan fingerprint density at radius 2 is 1.76 bits per heavy atom. The number of hydrogen-bond acceptors (Lipinski definition) is 4. The Kier molecular flexibility index (Phi) is 5.94. The van der Waals surface area contributed by atoms with Crippen molar-refractivity contribution in [2.75, 3.05) is 6.54 Å². The van der Waals surface area contributed by atoms with Gasteiger partial charge < -0.3 is 14.6 Å². The normalized spacial score (nSPS) is 16.8. The summed E-state index contributed by atoms with van der Waals surface area (Å²) >= 11 is 6.13. The van der Waals surface area contributed by atoms with Gasteiger partial charge in [0.05, 0.1) is 0 Å². The molecule has 0 saturated heterocycles. The zero-order valence-electron chi connectivity index (χ0n) is 18.4. The monoisotopic (exact) mass is 463 g/mol. The minimum absolute atomic E-state index is 0.0202. The Morgan fingerprint density at radius 3 is 2.48 bits per heavy atom. The van der Waals surface area contributed by atoms with Gasteiger partial charge in [-0.05, 0) is 36.1 Å². The smallest absolute Gasteiger partial charge is 0.316 e. The van der Waals surface area contributed by atoms with Crippen LogP contribution in [0, 0.1) is 0 Å². The van der Waals surface area contributed by atoms with Gasteiger partial charge in [0.25, 0.3) is 5.91 Å². The van der Waals surface area contributed by atoms with E-state index in [0.717, 1.165) is 31.2 Å². The first kappa shape index (κ1) is 21.7. The van der Waals surface area contributed by atoms with Gasteiger partial charge in [-0.3, -0.25) is 9.59 Å². The molecule has 0 unspecified atom stereocenters. The lowest BCUT2D eigenvalue weighted by Gasteiger charge is -2.32. The van der Waals surface area contributed by atoms with Gasteiger partial charge in [0.1, 0.15) is 12.4 Å². The zero-order valence-corrected chi connectivity index (χ0v) is 19.1. The summed E-state index contributed by atoms with van der Waals surface area (Å²) in [6.45, 7) is 1.25. The number of nitrogens with one attached hydrogen (secondary N) is 1. The van der Waals surface area contributed by atoms with Crippen molar-refractivity contribution in [3.63, 3.8) is 0 Å². The molecule has 5 rings (SSSR count). The average Bonchev–Trinajstić information content (AvgIpc) is 3.30. The number of aromatic nitrogens is 2. The molecule has 0 spiro atoms. The van der Waals surface area contributed by atoms with Crippen LogP contribution in [0.1, 0.15) is 53.1 Å². The van der Waals surface area contributed by atoms with Gasteiger partial charge in [-0.25, -0.2) is 0 Å². The second-order valence-corrected chi connectivity index (χ2v) is 9.30. The highest BCUT2D eigenvalue weighted by Crippen LogP contribution is 2.44. The van der Waals surface area contributed by atoms with E-state index in [4.69, 9.17) is 16.3 Å². The van der Waals surface area contributed by atoms with Crippen LogP contribution in [0.3, 0.4) is 0 Å². The van der Waals surface area contributed by atoms with Crippen molar-refractivity contribution in [2.24, 2.45) is 0 Å². The maximum absolute atomic E-state index is 13.1. The van der Waals surface area contributed by atoms with E-state index in [1.54, 1.807) is 0 Å². The molecule has 6 nitrogen and oxygen atoms in total. The first-order valence-corrected chi connectivity index (χ1v) is 11.8. The topological polar surface area (TPSA) is 73.2 Å². The third kappa shape index (κ3) is 4.27. The Morgan fingerprint density at radius 1 is 1.03 bits per heavy atom. The molecule has 1 aliphatic carbocycles. The third-order valence-electron chi connectivity index (χ3n) is 6.80. The molecule has 3 aromatic rings. The molecule has 0 atom stereocenters. The summed E-state index contributed by atoms with van der Waals surface area (Å²) in [7, 11) is 0. The van der Waals surface area contributed by atoms with Gasteiger partial charge in [-0.2, -0.15) is 4.98 Å². The number of fused-ring (bicyclic) bond motifs is 1. The second-order valence-electron chi connectivity index (χ2n) is 8.86. The molecule has 0 radical (unpaired) electrons. The molecule has 2 aromatic carbocycles. The number of hydrogen-bond donors (Lipinski definition) is 1. The summed E-state index contributed by atoms with van der Waals surface area (Å²) in [5, 5.41) is 3.56. The van der Waals surface area contributed by atoms with E-state index >= 15 is 0 Å². The van der Waals surface area contributed by atoms with Crippen LogP contribution in [0.5, 0.6) is 5.75 Å². The Bertz CT molecular complexity index is 1220. The van der Waals surface area contributed by atoms with Crippen molar-refractivity contribution in [1.29, 1.82) is 0 Å². The van der Waals surface area contributed by atoms with Crippen molar-refractivity contribution in [2.45, 2.75) is 50.7 Å². The van der Waals surface area contributed by atoms with E-state index in [1.807, 2.05) is 47.0 Å². The fraction of sp³-hybridized carbons (Fsp3) is 0.346. The molecule has 2 aliphatic rings. The molecule has 2 heterocycles. The number of carbonyl (C=O) groups is 1. The van der Waals surface area contributed by atoms with E-state index in [0.29, 0.717) is 30.4 Å².